The van der Waals surface area contributed by atoms with Crippen LogP contribution in [0.5, 0.6) is 0 Å². The summed E-state index contributed by atoms with van der Waals surface area (Å²) in [6.07, 6.45) is 5.11. The van der Waals surface area contributed by atoms with E-state index in [9.17, 15) is 4.79 Å². The minimum atomic E-state index is -0.114. The van der Waals surface area contributed by atoms with Crippen LogP contribution in [0.1, 0.15) is 19.3 Å². The van der Waals surface area contributed by atoms with E-state index in [0.29, 0.717) is 5.69 Å². The molecule has 1 aromatic rings. The lowest BCUT2D eigenvalue weighted by Gasteiger charge is -2.25. The first-order chi connectivity index (χ1) is 5.88. The molecule has 0 unspecified atom stereocenters. The highest BCUT2D eigenvalue weighted by Crippen LogP contribution is 2.14. The van der Waals surface area contributed by atoms with E-state index >= 15 is 0 Å². The van der Waals surface area contributed by atoms with Crippen LogP contribution >= 0.6 is 0 Å². The lowest BCUT2D eigenvalue weighted by Crippen LogP contribution is -2.32. The first-order valence-corrected chi connectivity index (χ1v) is 4.29. The summed E-state index contributed by atoms with van der Waals surface area (Å²) in [5.41, 5.74) is 0.562. The van der Waals surface area contributed by atoms with Gasteiger partial charge < -0.3 is 9.42 Å². The summed E-state index contributed by atoms with van der Waals surface area (Å²) in [6, 6.07) is 0. The van der Waals surface area contributed by atoms with E-state index in [1.165, 1.54) is 25.5 Å². The summed E-state index contributed by atoms with van der Waals surface area (Å²) < 4.78 is 4.72. The molecule has 1 aromatic heterocycles. The molecule has 1 fully saturated rings. The summed E-state index contributed by atoms with van der Waals surface area (Å²) in [5, 5.41) is 2.29. The Bertz CT molecular complexity index is 296. The highest BCUT2D eigenvalue weighted by atomic mass is 16.5. The van der Waals surface area contributed by atoms with Gasteiger partial charge in [0, 0.05) is 13.1 Å². The van der Waals surface area contributed by atoms with Crippen LogP contribution in [0.4, 0.5) is 5.69 Å². The predicted molar refractivity (Wildman–Crippen MR) is 45.4 cm³/mol. The number of nitrogens with one attached hydrogen (secondary N) is 1. The van der Waals surface area contributed by atoms with Gasteiger partial charge in [-0.25, -0.2) is 0 Å². The third kappa shape index (κ3) is 1.24. The molecular weight excluding hydrogens is 156 g/mol. The van der Waals surface area contributed by atoms with Gasteiger partial charge in [-0.05, 0) is 19.3 Å². The first-order valence-electron chi connectivity index (χ1n) is 4.29. The van der Waals surface area contributed by atoms with Crippen molar-refractivity contribution in [3.05, 3.63) is 16.6 Å². The number of H-pyrrole nitrogens is 1. The Morgan fingerprint density at radius 2 is 2.08 bits per heavy atom. The molecule has 4 nitrogen and oxygen atoms in total. The molecule has 2 rings (SSSR count). The smallest absolute Gasteiger partial charge is 0.303 e. The van der Waals surface area contributed by atoms with Gasteiger partial charge in [-0.3, -0.25) is 4.79 Å². The van der Waals surface area contributed by atoms with E-state index in [2.05, 4.69) is 10.1 Å². The summed E-state index contributed by atoms with van der Waals surface area (Å²) >= 11 is 0. The van der Waals surface area contributed by atoms with Crippen molar-refractivity contribution in [2.75, 3.05) is 18.0 Å². The number of hydrogen-bond acceptors (Lipinski definition) is 3. The van der Waals surface area contributed by atoms with Crippen molar-refractivity contribution in [3.63, 3.8) is 0 Å². The van der Waals surface area contributed by atoms with Gasteiger partial charge in [0.1, 0.15) is 12.0 Å². The molecule has 0 aliphatic carbocycles. The molecule has 0 saturated carbocycles. The first kappa shape index (κ1) is 7.46. The van der Waals surface area contributed by atoms with Crippen LogP contribution in [0.15, 0.2) is 15.6 Å². The Kier molecular flexibility index (Phi) is 1.89. The Morgan fingerprint density at radius 1 is 1.33 bits per heavy atom. The van der Waals surface area contributed by atoms with Crippen molar-refractivity contribution < 1.29 is 4.52 Å². The Hall–Kier alpha value is -1.19. The van der Waals surface area contributed by atoms with Crippen LogP contribution in [0, 0.1) is 0 Å². The monoisotopic (exact) mass is 168 g/mol. The number of piperidine rings is 1. The average Bonchev–Trinajstić information content (AvgIpc) is 2.53. The molecule has 0 atom stereocenters. The topological polar surface area (TPSA) is 49.2 Å². The summed E-state index contributed by atoms with van der Waals surface area (Å²) in [6.45, 7) is 1.95. The third-order valence-corrected chi connectivity index (χ3v) is 2.25. The van der Waals surface area contributed by atoms with Gasteiger partial charge in [0.15, 0.2) is 0 Å². The number of anilines is 1. The van der Waals surface area contributed by atoms with Gasteiger partial charge in [0.2, 0.25) is 0 Å². The zero-order valence-electron chi connectivity index (χ0n) is 6.88. The molecule has 0 bridgehead atoms. The normalized spacial score (nSPS) is 18.2. The number of rotatable bonds is 1. The van der Waals surface area contributed by atoms with E-state index in [1.54, 1.807) is 0 Å². The van der Waals surface area contributed by atoms with Crippen LogP contribution in [0.25, 0.3) is 0 Å². The largest absolute Gasteiger partial charge is 0.385 e. The van der Waals surface area contributed by atoms with Crippen LogP contribution in [0.2, 0.25) is 0 Å². The zero-order valence-corrected chi connectivity index (χ0v) is 6.88. The Morgan fingerprint density at radius 3 is 2.67 bits per heavy atom. The van der Waals surface area contributed by atoms with Crippen LogP contribution in [0.3, 0.4) is 0 Å². The number of aromatic amines is 1. The Labute approximate surface area is 70.1 Å². The number of hydrogen-bond donors (Lipinski definition) is 1. The second kappa shape index (κ2) is 3.05. The summed E-state index contributed by atoms with van der Waals surface area (Å²) in [7, 11) is 0. The van der Waals surface area contributed by atoms with Crippen molar-refractivity contribution in [1.82, 2.24) is 5.16 Å². The van der Waals surface area contributed by atoms with Gasteiger partial charge in [0.05, 0.1) is 0 Å². The van der Waals surface area contributed by atoms with E-state index in [0.717, 1.165) is 13.1 Å². The van der Waals surface area contributed by atoms with Gasteiger partial charge in [-0.15, -0.1) is 0 Å². The second-order valence-electron chi connectivity index (χ2n) is 3.10. The second-order valence-corrected chi connectivity index (χ2v) is 3.10. The van der Waals surface area contributed by atoms with Crippen molar-refractivity contribution in [2.24, 2.45) is 0 Å². The molecule has 0 radical (unpaired) electrons. The van der Waals surface area contributed by atoms with E-state index < -0.39 is 0 Å². The summed E-state index contributed by atoms with van der Waals surface area (Å²) in [5.74, 6) is 0. The minimum Gasteiger partial charge on any atom is -0.385 e. The molecule has 1 aliphatic rings. The lowest BCUT2D eigenvalue weighted by atomic mass is 10.1. The van der Waals surface area contributed by atoms with E-state index in [1.807, 2.05) is 0 Å². The van der Waals surface area contributed by atoms with Gasteiger partial charge in [-0.2, -0.15) is 5.16 Å². The van der Waals surface area contributed by atoms with Crippen LogP contribution in [-0.4, -0.2) is 18.2 Å². The maximum absolute atomic E-state index is 11.1. The molecule has 0 aromatic carbocycles. The molecule has 4 heteroatoms. The number of aromatic nitrogens is 1. The molecule has 2 heterocycles. The van der Waals surface area contributed by atoms with Gasteiger partial charge in [-0.1, -0.05) is 0 Å². The minimum absolute atomic E-state index is 0.114. The molecule has 1 N–H and O–H groups in total. The highest BCUT2D eigenvalue weighted by Gasteiger charge is 2.14. The maximum Gasteiger partial charge on any atom is 0.303 e. The molecule has 0 amide bonds. The molecule has 12 heavy (non-hydrogen) atoms. The van der Waals surface area contributed by atoms with Gasteiger partial charge >= 0.3 is 5.56 Å². The van der Waals surface area contributed by atoms with Gasteiger partial charge in [0.25, 0.3) is 0 Å². The van der Waals surface area contributed by atoms with Crippen LogP contribution < -0.4 is 10.5 Å². The predicted octanol–water partition coefficient (Wildman–Crippen LogP) is 0.958. The highest BCUT2D eigenvalue weighted by molar-refractivity contribution is 5.40. The fourth-order valence-corrected chi connectivity index (χ4v) is 1.60. The molecule has 66 valence electrons. The quantitative estimate of drug-likeness (QED) is 0.679. The molecular formula is C8H12N2O2. The van der Waals surface area contributed by atoms with Crippen molar-refractivity contribution >= 4 is 5.69 Å². The standard InChI is InChI=1S/C8H12N2O2/c11-8-7(6-12-9-8)10-4-2-1-3-5-10/h6H,1-5H2,(H,9,11). The van der Waals surface area contributed by atoms with E-state index in [-0.39, 0.29) is 5.56 Å². The molecule has 1 aliphatic heterocycles. The summed E-state index contributed by atoms with van der Waals surface area (Å²) in [4.78, 5) is 13.2. The lowest BCUT2D eigenvalue weighted by molar-refractivity contribution is 0.413. The van der Waals surface area contributed by atoms with Crippen molar-refractivity contribution in [2.45, 2.75) is 19.3 Å². The Balaban J connectivity index is 2.18. The third-order valence-electron chi connectivity index (χ3n) is 2.25. The number of nitrogens with zero attached hydrogens (tertiary/aromatic N) is 1. The van der Waals surface area contributed by atoms with E-state index in [4.69, 9.17) is 4.52 Å². The zero-order chi connectivity index (χ0) is 8.39. The fraction of sp³-hybridized carbons (Fsp3) is 0.625. The fourth-order valence-electron chi connectivity index (χ4n) is 1.60. The molecule has 1 saturated heterocycles. The molecule has 0 spiro atoms. The average molecular weight is 168 g/mol. The van der Waals surface area contributed by atoms with Crippen molar-refractivity contribution in [3.8, 4) is 0 Å². The van der Waals surface area contributed by atoms with Crippen molar-refractivity contribution in [1.29, 1.82) is 0 Å². The van der Waals surface area contributed by atoms with Crippen LogP contribution in [-0.2, 0) is 0 Å². The maximum atomic E-state index is 11.1. The SMILES string of the molecule is O=c1[nH]occ1N1CCCCC1.